The van der Waals surface area contributed by atoms with Crippen molar-refractivity contribution in [1.82, 2.24) is 5.32 Å². The molecule has 0 heterocycles. The predicted molar refractivity (Wildman–Crippen MR) is 91.2 cm³/mol. The first-order valence-electron chi connectivity index (χ1n) is 9.55. The van der Waals surface area contributed by atoms with Crippen molar-refractivity contribution in [2.24, 2.45) is 11.8 Å². The molecule has 1 heteroatoms. The van der Waals surface area contributed by atoms with Gasteiger partial charge in [0.2, 0.25) is 0 Å². The Labute approximate surface area is 128 Å². The smallest absolute Gasteiger partial charge is 0.00978 e. The highest BCUT2D eigenvalue weighted by Crippen LogP contribution is 2.29. The van der Waals surface area contributed by atoms with E-state index in [0.717, 1.165) is 24.4 Å². The van der Waals surface area contributed by atoms with Crippen molar-refractivity contribution in [3.63, 3.8) is 0 Å². The number of rotatable bonds is 9. The van der Waals surface area contributed by atoms with E-state index in [1.807, 2.05) is 0 Å². The first kappa shape index (κ1) is 18.0. The number of hydrogen-bond donors (Lipinski definition) is 1. The molecule has 0 radical (unpaired) electrons. The van der Waals surface area contributed by atoms with E-state index in [-0.39, 0.29) is 0 Å². The maximum atomic E-state index is 3.84. The Balaban J connectivity index is 2.50. The van der Waals surface area contributed by atoms with Gasteiger partial charge in [-0.15, -0.1) is 0 Å². The van der Waals surface area contributed by atoms with E-state index in [2.05, 4.69) is 26.1 Å². The summed E-state index contributed by atoms with van der Waals surface area (Å²) in [4.78, 5) is 0. The summed E-state index contributed by atoms with van der Waals surface area (Å²) in [6.45, 7) is 8.14. The van der Waals surface area contributed by atoms with Crippen LogP contribution in [0.3, 0.4) is 0 Å². The zero-order valence-electron chi connectivity index (χ0n) is 14.4. The van der Waals surface area contributed by atoms with Crippen LogP contribution in [0.1, 0.15) is 97.8 Å². The van der Waals surface area contributed by atoms with Crippen molar-refractivity contribution in [3.8, 4) is 0 Å². The highest BCUT2D eigenvalue weighted by molar-refractivity contribution is 4.80. The topological polar surface area (TPSA) is 12.0 Å². The zero-order valence-corrected chi connectivity index (χ0v) is 14.4. The van der Waals surface area contributed by atoms with E-state index in [1.54, 1.807) is 0 Å². The fraction of sp³-hybridized carbons (Fsp3) is 1.00. The van der Waals surface area contributed by atoms with Gasteiger partial charge in [-0.3, -0.25) is 0 Å². The lowest BCUT2D eigenvalue weighted by Crippen LogP contribution is -2.38. The third-order valence-electron chi connectivity index (χ3n) is 5.32. The monoisotopic (exact) mass is 281 g/mol. The molecular weight excluding hydrogens is 242 g/mol. The van der Waals surface area contributed by atoms with Gasteiger partial charge in [-0.25, -0.2) is 0 Å². The molecule has 1 nitrogen and oxygen atoms in total. The molecule has 0 aromatic rings. The van der Waals surface area contributed by atoms with Crippen molar-refractivity contribution < 1.29 is 0 Å². The Morgan fingerprint density at radius 3 is 2.15 bits per heavy atom. The lowest BCUT2D eigenvalue weighted by Gasteiger charge is -2.32. The summed E-state index contributed by atoms with van der Waals surface area (Å²) in [7, 11) is 0. The molecule has 1 aliphatic rings. The second kappa shape index (κ2) is 11.6. The zero-order chi connectivity index (χ0) is 14.6. The van der Waals surface area contributed by atoms with Crippen molar-refractivity contribution in [1.29, 1.82) is 0 Å². The molecule has 2 unspecified atom stereocenters. The summed E-state index contributed by atoms with van der Waals surface area (Å²) in [5.41, 5.74) is 0. The van der Waals surface area contributed by atoms with E-state index >= 15 is 0 Å². The van der Waals surface area contributed by atoms with Crippen LogP contribution in [-0.4, -0.2) is 12.6 Å². The predicted octanol–water partition coefficient (Wildman–Crippen LogP) is 5.93. The minimum atomic E-state index is 0.792. The number of hydrogen-bond acceptors (Lipinski definition) is 1. The molecule has 1 saturated carbocycles. The van der Waals surface area contributed by atoms with Gasteiger partial charge in [0.25, 0.3) is 0 Å². The van der Waals surface area contributed by atoms with Gasteiger partial charge in [-0.05, 0) is 37.6 Å². The average molecular weight is 282 g/mol. The van der Waals surface area contributed by atoms with Gasteiger partial charge in [-0.2, -0.15) is 0 Å². The quantitative estimate of drug-likeness (QED) is 0.552. The van der Waals surface area contributed by atoms with E-state index in [9.17, 15) is 0 Å². The molecule has 1 aliphatic carbocycles. The van der Waals surface area contributed by atoms with E-state index in [4.69, 9.17) is 0 Å². The molecule has 120 valence electrons. The van der Waals surface area contributed by atoms with E-state index in [0.29, 0.717) is 0 Å². The van der Waals surface area contributed by atoms with Crippen LogP contribution in [0.5, 0.6) is 0 Å². The second-order valence-corrected chi connectivity index (χ2v) is 6.92. The van der Waals surface area contributed by atoms with Gasteiger partial charge in [0.15, 0.2) is 0 Å². The normalized spacial score (nSPS) is 21.1. The molecule has 1 rings (SSSR count). The lowest BCUT2D eigenvalue weighted by molar-refractivity contribution is 0.239. The molecule has 0 aromatic carbocycles. The standard InChI is InChI=1S/C19H39N/c1-4-7-13-17(5-2)16-19(20-6-3)18-14-11-9-8-10-12-15-18/h17-20H,4-16H2,1-3H3. The van der Waals surface area contributed by atoms with Gasteiger partial charge < -0.3 is 5.32 Å². The highest BCUT2D eigenvalue weighted by Gasteiger charge is 2.23. The number of unbranched alkanes of at least 4 members (excludes halogenated alkanes) is 1. The van der Waals surface area contributed by atoms with Gasteiger partial charge in [0.1, 0.15) is 0 Å². The first-order chi connectivity index (χ1) is 9.81. The van der Waals surface area contributed by atoms with Crippen LogP contribution in [0, 0.1) is 11.8 Å². The molecule has 0 aromatic heterocycles. The Morgan fingerprint density at radius 2 is 1.60 bits per heavy atom. The van der Waals surface area contributed by atoms with Crippen LogP contribution >= 0.6 is 0 Å². The Bertz CT molecular complexity index is 206. The van der Waals surface area contributed by atoms with Gasteiger partial charge in [-0.1, -0.05) is 78.6 Å². The molecule has 1 fully saturated rings. The Hall–Kier alpha value is -0.0400. The van der Waals surface area contributed by atoms with Gasteiger partial charge >= 0.3 is 0 Å². The molecule has 0 spiro atoms. The van der Waals surface area contributed by atoms with Crippen LogP contribution < -0.4 is 5.32 Å². The maximum absolute atomic E-state index is 3.84. The van der Waals surface area contributed by atoms with Crippen molar-refractivity contribution in [2.45, 2.75) is 104 Å². The SMILES string of the molecule is CCCCC(CC)CC(NCC)C1CCCCCCC1. The van der Waals surface area contributed by atoms with Crippen LogP contribution in [0.2, 0.25) is 0 Å². The van der Waals surface area contributed by atoms with Crippen molar-refractivity contribution in [3.05, 3.63) is 0 Å². The fourth-order valence-electron chi connectivity index (χ4n) is 3.94. The lowest BCUT2D eigenvalue weighted by atomic mass is 9.80. The summed E-state index contributed by atoms with van der Waals surface area (Å²) < 4.78 is 0. The molecule has 0 bridgehead atoms. The summed E-state index contributed by atoms with van der Waals surface area (Å²) >= 11 is 0. The van der Waals surface area contributed by atoms with Crippen LogP contribution in [0.15, 0.2) is 0 Å². The van der Waals surface area contributed by atoms with Gasteiger partial charge in [0.05, 0.1) is 0 Å². The maximum Gasteiger partial charge on any atom is 0.00978 e. The van der Waals surface area contributed by atoms with E-state index in [1.165, 1.54) is 77.0 Å². The number of nitrogens with one attached hydrogen (secondary N) is 1. The third-order valence-corrected chi connectivity index (χ3v) is 5.32. The van der Waals surface area contributed by atoms with Crippen LogP contribution in [0.4, 0.5) is 0 Å². The fourth-order valence-corrected chi connectivity index (χ4v) is 3.94. The Kier molecular flexibility index (Phi) is 10.4. The van der Waals surface area contributed by atoms with E-state index < -0.39 is 0 Å². The molecule has 1 N–H and O–H groups in total. The summed E-state index contributed by atoms with van der Waals surface area (Å²) in [6.07, 6.45) is 17.3. The largest absolute Gasteiger partial charge is 0.314 e. The van der Waals surface area contributed by atoms with Crippen LogP contribution in [-0.2, 0) is 0 Å². The minimum Gasteiger partial charge on any atom is -0.314 e. The average Bonchev–Trinajstić information content (AvgIpc) is 2.42. The first-order valence-corrected chi connectivity index (χ1v) is 9.55. The summed E-state index contributed by atoms with van der Waals surface area (Å²) in [6, 6.07) is 0.792. The summed E-state index contributed by atoms with van der Waals surface area (Å²) in [5.74, 6) is 1.90. The molecule has 2 atom stereocenters. The highest BCUT2D eigenvalue weighted by atomic mass is 14.9. The van der Waals surface area contributed by atoms with Gasteiger partial charge in [0, 0.05) is 6.04 Å². The molecule has 20 heavy (non-hydrogen) atoms. The molecule has 0 aliphatic heterocycles. The molecule has 0 saturated heterocycles. The molecular formula is C19H39N. The summed E-state index contributed by atoms with van der Waals surface area (Å²) in [5, 5.41) is 3.84. The van der Waals surface area contributed by atoms with Crippen molar-refractivity contribution in [2.75, 3.05) is 6.54 Å². The Morgan fingerprint density at radius 1 is 0.950 bits per heavy atom. The van der Waals surface area contributed by atoms with Crippen molar-refractivity contribution >= 4 is 0 Å². The molecule has 0 amide bonds. The second-order valence-electron chi connectivity index (χ2n) is 6.92. The third kappa shape index (κ3) is 7.11. The minimum absolute atomic E-state index is 0.792. The van der Waals surface area contributed by atoms with Crippen LogP contribution in [0.25, 0.3) is 0 Å².